The topological polar surface area (TPSA) is 33.1 Å². The summed E-state index contributed by atoms with van der Waals surface area (Å²) in [5, 5.41) is 8.09. The maximum absolute atomic E-state index is 4.56. The van der Waals surface area contributed by atoms with E-state index < -0.39 is 0 Å². The van der Waals surface area contributed by atoms with E-state index >= 15 is 0 Å². The average molecular weight is 264 g/mol. The second-order valence-corrected chi connectivity index (χ2v) is 5.57. The summed E-state index contributed by atoms with van der Waals surface area (Å²) in [5.74, 6) is 0. The van der Waals surface area contributed by atoms with Crippen molar-refractivity contribution in [2.24, 2.45) is 7.05 Å². The number of hydrogen-bond acceptors (Lipinski definition) is 3. The fraction of sp³-hybridized carbons (Fsp3) is 0.800. The van der Waals surface area contributed by atoms with Crippen LogP contribution in [0.4, 0.5) is 0 Å². The molecular formula is C15H28N4. The summed E-state index contributed by atoms with van der Waals surface area (Å²) in [6.07, 6.45) is 4.86. The average Bonchev–Trinajstić information content (AvgIpc) is 2.80. The van der Waals surface area contributed by atoms with E-state index in [1.54, 1.807) is 0 Å². The van der Waals surface area contributed by atoms with Gasteiger partial charge in [0.05, 0.1) is 11.4 Å². The van der Waals surface area contributed by atoms with Crippen molar-refractivity contribution < 1.29 is 0 Å². The van der Waals surface area contributed by atoms with Crippen molar-refractivity contribution in [1.29, 1.82) is 0 Å². The molecule has 1 aliphatic heterocycles. The predicted molar refractivity (Wildman–Crippen MR) is 79.2 cm³/mol. The molecule has 0 radical (unpaired) electrons. The third-order valence-corrected chi connectivity index (χ3v) is 4.05. The van der Waals surface area contributed by atoms with Crippen LogP contribution in [0.2, 0.25) is 0 Å². The molecule has 1 aromatic rings. The molecule has 2 rings (SSSR count). The number of nitrogens with zero attached hydrogens (tertiary/aromatic N) is 3. The standard InChI is InChI=1S/C15H28N4/c1-4-9-19(14-7-6-8-16-11-14)12-15-10-13(5-2)17-18(15)3/h10,14,16H,4-9,11-12H2,1-3H3. The highest BCUT2D eigenvalue weighted by Gasteiger charge is 2.21. The first kappa shape index (κ1) is 14.5. The fourth-order valence-electron chi connectivity index (χ4n) is 2.92. The molecule has 1 N–H and O–H groups in total. The van der Waals surface area contributed by atoms with Crippen molar-refractivity contribution in [3.05, 3.63) is 17.5 Å². The van der Waals surface area contributed by atoms with Crippen LogP contribution in [0.1, 0.15) is 44.5 Å². The maximum atomic E-state index is 4.56. The first-order valence-corrected chi connectivity index (χ1v) is 7.71. The minimum absolute atomic E-state index is 0.689. The lowest BCUT2D eigenvalue weighted by molar-refractivity contribution is 0.154. The second-order valence-electron chi connectivity index (χ2n) is 5.57. The van der Waals surface area contributed by atoms with Crippen LogP contribution in [0.3, 0.4) is 0 Å². The largest absolute Gasteiger partial charge is 0.315 e. The van der Waals surface area contributed by atoms with E-state index in [0.29, 0.717) is 6.04 Å². The highest BCUT2D eigenvalue weighted by Crippen LogP contribution is 2.15. The molecule has 0 bridgehead atoms. The van der Waals surface area contributed by atoms with Crippen molar-refractivity contribution >= 4 is 0 Å². The lowest BCUT2D eigenvalue weighted by Gasteiger charge is -2.34. The van der Waals surface area contributed by atoms with Gasteiger partial charge < -0.3 is 5.32 Å². The maximum Gasteiger partial charge on any atom is 0.0625 e. The number of aryl methyl sites for hydroxylation is 2. The first-order valence-electron chi connectivity index (χ1n) is 7.71. The molecule has 0 spiro atoms. The highest BCUT2D eigenvalue weighted by atomic mass is 15.3. The molecule has 108 valence electrons. The Morgan fingerprint density at radius 3 is 2.89 bits per heavy atom. The lowest BCUT2D eigenvalue weighted by Crippen LogP contribution is -2.46. The summed E-state index contributed by atoms with van der Waals surface area (Å²) in [4.78, 5) is 2.63. The van der Waals surface area contributed by atoms with Gasteiger partial charge in [-0.25, -0.2) is 0 Å². The Balaban J connectivity index is 2.04. The zero-order chi connectivity index (χ0) is 13.7. The molecule has 19 heavy (non-hydrogen) atoms. The van der Waals surface area contributed by atoms with Gasteiger partial charge in [-0.3, -0.25) is 9.58 Å². The number of hydrogen-bond donors (Lipinski definition) is 1. The molecule has 1 fully saturated rings. The molecule has 1 atom stereocenters. The third-order valence-electron chi connectivity index (χ3n) is 4.05. The Bertz CT molecular complexity index is 379. The van der Waals surface area contributed by atoms with Gasteiger partial charge in [0.15, 0.2) is 0 Å². The van der Waals surface area contributed by atoms with Gasteiger partial charge in [-0.1, -0.05) is 13.8 Å². The summed E-state index contributed by atoms with van der Waals surface area (Å²) >= 11 is 0. The van der Waals surface area contributed by atoms with Gasteiger partial charge in [-0.15, -0.1) is 0 Å². The molecule has 1 unspecified atom stereocenters. The summed E-state index contributed by atoms with van der Waals surface area (Å²) in [7, 11) is 2.07. The van der Waals surface area contributed by atoms with Gasteiger partial charge in [0.1, 0.15) is 0 Å². The Kier molecular flexibility index (Phi) is 5.40. The van der Waals surface area contributed by atoms with Crippen LogP contribution >= 0.6 is 0 Å². The molecule has 0 aromatic carbocycles. The molecule has 4 heteroatoms. The van der Waals surface area contributed by atoms with Crippen LogP contribution < -0.4 is 5.32 Å². The van der Waals surface area contributed by atoms with Crippen LogP contribution in [0.25, 0.3) is 0 Å². The summed E-state index contributed by atoms with van der Waals surface area (Å²) in [6.45, 7) is 8.97. The summed E-state index contributed by atoms with van der Waals surface area (Å²) < 4.78 is 2.05. The Morgan fingerprint density at radius 2 is 2.32 bits per heavy atom. The number of nitrogens with one attached hydrogen (secondary N) is 1. The second kappa shape index (κ2) is 7.06. The number of piperidine rings is 1. The number of rotatable bonds is 6. The molecular weight excluding hydrogens is 236 g/mol. The lowest BCUT2D eigenvalue weighted by atomic mass is 10.1. The monoisotopic (exact) mass is 264 g/mol. The molecule has 0 aliphatic carbocycles. The van der Waals surface area contributed by atoms with E-state index in [1.807, 2.05) is 0 Å². The van der Waals surface area contributed by atoms with E-state index in [2.05, 4.69) is 47.0 Å². The van der Waals surface area contributed by atoms with E-state index in [1.165, 1.54) is 43.7 Å². The van der Waals surface area contributed by atoms with Gasteiger partial charge in [-0.05, 0) is 44.8 Å². The Hall–Kier alpha value is -0.870. The first-order chi connectivity index (χ1) is 9.24. The molecule has 2 heterocycles. The minimum Gasteiger partial charge on any atom is -0.315 e. The molecule has 1 saturated heterocycles. The molecule has 0 saturated carbocycles. The van der Waals surface area contributed by atoms with Gasteiger partial charge in [0.2, 0.25) is 0 Å². The van der Waals surface area contributed by atoms with Crippen molar-refractivity contribution in [2.45, 2.75) is 52.1 Å². The summed E-state index contributed by atoms with van der Waals surface area (Å²) in [6, 6.07) is 2.95. The minimum atomic E-state index is 0.689. The molecule has 1 aliphatic rings. The molecule has 1 aromatic heterocycles. The SMILES string of the molecule is CCCN(Cc1cc(CC)nn1C)C1CCCNC1. The van der Waals surface area contributed by atoms with Crippen molar-refractivity contribution in [3.63, 3.8) is 0 Å². The van der Waals surface area contributed by atoms with E-state index in [4.69, 9.17) is 0 Å². The van der Waals surface area contributed by atoms with Gasteiger partial charge >= 0.3 is 0 Å². The van der Waals surface area contributed by atoms with Crippen LogP contribution in [0, 0.1) is 0 Å². The Labute approximate surface area is 117 Å². The highest BCUT2D eigenvalue weighted by molar-refractivity contribution is 5.10. The van der Waals surface area contributed by atoms with Gasteiger partial charge in [-0.2, -0.15) is 5.10 Å². The van der Waals surface area contributed by atoms with Crippen LogP contribution in [0.5, 0.6) is 0 Å². The van der Waals surface area contributed by atoms with E-state index in [0.717, 1.165) is 19.5 Å². The smallest absolute Gasteiger partial charge is 0.0625 e. The quantitative estimate of drug-likeness (QED) is 0.852. The fourth-order valence-corrected chi connectivity index (χ4v) is 2.92. The van der Waals surface area contributed by atoms with Crippen LogP contribution in [0.15, 0.2) is 6.07 Å². The molecule has 4 nitrogen and oxygen atoms in total. The third kappa shape index (κ3) is 3.80. The van der Waals surface area contributed by atoms with Crippen LogP contribution in [-0.4, -0.2) is 40.4 Å². The normalized spacial score (nSPS) is 20.1. The van der Waals surface area contributed by atoms with Crippen molar-refractivity contribution in [3.8, 4) is 0 Å². The number of aromatic nitrogens is 2. The zero-order valence-corrected chi connectivity index (χ0v) is 12.7. The van der Waals surface area contributed by atoms with E-state index in [-0.39, 0.29) is 0 Å². The molecule has 0 amide bonds. The van der Waals surface area contributed by atoms with Crippen LogP contribution in [-0.2, 0) is 20.0 Å². The van der Waals surface area contributed by atoms with Crippen molar-refractivity contribution in [2.75, 3.05) is 19.6 Å². The van der Waals surface area contributed by atoms with Crippen molar-refractivity contribution in [1.82, 2.24) is 20.0 Å². The van der Waals surface area contributed by atoms with Gasteiger partial charge in [0.25, 0.3) is 0 Å². The van der Waals surface area contributed by atoms with Gasteiger partial charge in [0, 0.05) is 26.2 Å². The van der Waals surface area contributed by atoms with E-state index in [9.17, 15) is 0 Å². The zero-order valence-electron chi connectivity index (χ0n) is 12.7. The predicted octanol–water partition coefficient (Wildman–Crippen LogP) is 1.95. The Morgan fingerprint density at radius 1 is 1.47 bits per heavy atom. The summed E-state index contributed by atoms with van der Waals surface area (Å²) in [5.41, 5.74) is 2.55.